The molecule has 1 rings (SSSR count). The van der Waals surface area contributed by atoms with Gasteiger partial charge in [-0.25, -0.2) is 0 Å². The smallest absolute Gasteiger partial charge is 0.389 e. The Balaban J connectivity index is 2.88. The molecule has 0 heterocycles. The molecule has 0 radical (unpaired) electrons. The van der Waals surface area contributed by atoms with Crippen LogP contribution in [0, 0.1) is 0 Å². The second kappa shape index (κ2) is 6.40. The van der Waals surface area contributed by atoms with Crippen LogP contribution >= 0.6 is 15.9 Å². The minimum Gasteiger partial charge on any atom is -0.496 e. The van der Waals surface area contributed by atoms with E-state index in [1.54, 1.807) is 18.2 Å². The van der Waals surface area contributed by atoms with Crippen LogP contribution in [0.1, 0.15) is 24.4 Å². The Labute approximate surface area is 112 Å². The van der Waals surface area contributed by atoms with Gasteiger partial charge in [-0.2, -0.15) is 13.2 Å². The molecule has 3 N–H and O–H groups in total. The zero-order valence-electron chi connectivity index (χ0n) is 9.72. The number of ether oxygens (including phenoxy) is 1. The third-order valence-electron chi connectivity index (χ3n) is 2.49. The lowest BCUT2D eigenvalue weighted by molar-refractivity contribution is -0.136. The maximum atomic E-state index is 12.2. The van der Waals surface area contributed by atoms with Crippen LogP contribution in [0.25, 0.3) is 0 Å². The molecule has 0 aliphatic heterocycles. The average molecular weight is 327 g/mol. The molecule has 1 aromatic rings. The molecule has 0 amide bonds. The lowest BCUT2D eigenvalue weighted by atomic mass is 10.0. The van der Waals surface area contributed by atoms with Crippen molar-refractivity contribution in [2.24, 2.45) is 5.84 Å². The molecular formula is C11H14BrF3N2O. The van der Waals surface area contributed by atoms with Gasteiger partial charge in [-0.3, -0.25) is 11.3 Å². The van der Waals surface area contributed by atoms with Gasteiger partial charge in [0, 0.05) is 22.5 Å². The van der Waals surface area contributed by atoms with E-state index in [0.717, 1.165) is 4.47 Å². The first-order valence-electron chi connectivity index (χ1n) is 5.23. The van der Waals surface area contributed by atoms with E-state index < -0.39 is 18.6 Å². The largest absolute Gasteiger partial charge is 0.496 e. The van der Waals surface area contributed by atoms with E-state index in [0.29, 0.717) is 11.3 Å². The number of hydrazine groups is 1. The van der Waals surface area contributed by atoms with E-state index in [-0.39, 0.29) is 6.42 Å². The first kappa shape index (κ1) is 15.3. The van der Waals surface area contributed by atoms with Crippen LogP contribution in [0.5, 0.6) is 5.75 Å². The van der Waals surface area contributed by atoms with Gasteiger partial charge in [0.15, 0.2) is 0 Å². The summed E-state index contributed by atoms with van der Waals surface area (Å²) in [5.74, 6) is 5.81. The molecule has 7 heteroatoms. The monoisotopic (exact) mass is 326 g/mol. The van der Waals surface area contributed by atoms with Crippen LogP contribution < -0.4 is 16.0 Å². The van der Waals surface area contributed by atoms with Gasteiger partial charge in [-0.1, -0.05) is 22.0 Å². The van der Waals surface area contributed by atoms with Crippen molar-refractivity contribution in [1.29, 1.82) is 0 Å². The fourth-order valence-corrected chi connectivity index (χ4v) is 1.95. The van der Waals surface area contributed by atoms with Gasteiger partial charge in [0.1, 0.15) is 5.75 Å². The molecule has 0 aliphatic rings. The number of halogens is 4. The SMILES string of the molecule is COc1cc(Br)ccc1C(CCC(F)(F)F)NN. The topological polar surface area (TPSA) is 47.3 Å². The maximum absolute atomic E-state index is 12.2. The molecular weight excluding hydrogens is 313 g/mol. The summed E-state index contributed by atoms with van der Waals surface area (Å²) in [5.41, 5.74) is 2.99. The van der Waals surface area contributed by atoms with Crippen molar-refractivity contribution in [3.05, 3.63) is 28.2 Å². The number of benzene rings is 1. The summed E-state index contributed by atoms with van der Waals surface area (Å²) in [4.78, 5) is 0. The summed E-state index contributed by atoms with van der Waals surface area (Å²) in [5, 5.41) is 0. The second-order valence-electron chi connectivity index (χ2n) is 3.76. The fourth-order valence-electron chi connectivity index (χ4n) is 1.61. The summed E-state index contributed by atoms with van der Waals surface area (Å²) in [6, 6.07) is 4.50. The first-order chi connectivity index (χ1) is 8.37. The lowest BCUT2D eigenvalue weighted by Crippen LogP contribution is -2.29. The molecule has 102 valence electrons. The summed E-state index contributed by atoms with van der Waals surface area (Å²) in [6.45, 7) is 0. The maximum Gasteiger partial charge on any atom is 0.389 e. The normalized spacial score (nSPS) is 13.4. The van der Waals surface area contributed by atoms with Gasteiger partial charge in [-0.15, -0.1) is 0 Å². The van der Waals surface area contributed by atoms with Crippen molar-refractivity contribution in [3.8, 4) is 5.75 Å². The third-order valence-corrected chi connectivity index (χ3v) is 2.98. The van der Waals surface area contributed by atoms with Crippen molar-refractivity contribution in [1.82, 2.24) is 5.43 Å². The van der Waals surface area contributed by atoms with Crippen molar-refractivity contribution in [2.75, 3.05) is 7.11 Å². The van der Waals surface area contributed by atoms with Crippen LogP contribution in [-0.4, -0.2) is 13.3 Å². The molecule has 0 aliphatic carbocycles. The van der Waals surface area contributed by atoms with E-state index in [1.165, 1.54) is 7.11 Å². The van der Waals surface area contributed by atoms with Crippen LogP contribution in [-0.2, 0) is 0 Å². The highest BCUT2D eigenvalue weighted by Crippen LogP contribution is 2.33. The molecule has 0 saturated heterocycles. The molecule has 1 aromatic carbocycles. The number of methoxy groups -OCH3 is 1. The number of nitrogens with two attached hydrogens (primary N) is 1. The van der Waals surface area contributed by atoms with Crippen molar-refractivity contribution in [2.45, 2.75) is 25.1 Å². The standard InChI is InChI=1S/C11H14BrF3N2O/c1-18-10-6-7(12)2-3-8(10)9(17-16)4-5-11(13,14)15/h2-3,6,9,17H,4-5,16H2,1H3. The zero-order valence-corrected chi connectivity index (χ0v) is 11.3. The summed E-state index contributed by atoms with van der Waals surface area (Å²) >= 11 is 3.27. The minimum atomic E-state index is -4.20. The molecule has 0 fully saturated rings. The molecule has 18 heavy (non-hydrogen) atoms. The Morgan fingerprint density at radius 1 is 1.44 bits per heavy atom. The first-order valence-corrected chi connectivity index (χ1v) is 6.03. The highest BCUT2D eigenvalue weighted by molar-refractivity contribution is 9.10. The molecule has 0 aromatic heterocycles. The van der Waals surface area contributed by atoms with Crippen molar-refractivity contribution >= 4 is 15.9 Å². The van der Waals surface area contributed by atoms with E-state index in [1.807, 2.05) is 0 Å². The van der Waals surface area contributed by atoms with Gasteiger partial charge in [0.2, 0.25) is 0 Å². The van der Waals surface area contributed by atoms with Gasteiger partial charge < -0.3 is 4.74 Å². The van der Waals surface area contributed by atoms with Gasteiger partial charge in [0.05, 0.1) is 7.11 Å². The predicted molar refractivity (Wildman–Crippen MR) is 66.0 cm³/mol. The Kier molecular flexibility index (Phi) is 5.43. The minimum absolute atomic E-state index is 0.141. The summed E-state index contributed by atoms with van der Waals surface area (Å²) < 4.78 is 42.5. The second-order valence-corrected chi connectivity index (χ2v) is 4.68. The average Bonchev–Trinajstić information content (AvgIpc) is 2.29. The van der Waals surface area contributed by atoms with Crippen molar-refractivity contribution in [3.63, 3.8) is 0 Å². The van der Waals surface area contributed by atoms with E-state index in [2.05, 4.69) is 21.4 Å². The summed E-state index contributed by atoms with van der Waals surface area (Å²) in [6.07, 6.45) is -5.24. The van der Waals surface area contributed by atoms with Gasteiger partial charge in [0.25, 0.3) is 0 Å². The molecule has 1 atom stereocenters. The highest BCUT2D eigenvalue weighted by Gasteiger charge is 2.29. The van der Waals surface area contributed by atoms with E-state index in [4.69, 9.17) is 10.6 Å². The molecule has 0 saturated carbocycles. The Bertz CT molecular complexity index is 398. The molecule has 3 nitrogen and oxygen atoms in total. The van der Waals surface area contributed by atoms with Gasteiger partial charge >= 0.3 is 6.18 Å². The Morgan fingerprint density at radius 2 is 2.11 bits per heavy atom. The number of alkyl halides is 3. The summed E-state index contributed by atoms with van der Waals surface area (Å²) in [7, 11) is 1.46. The van der Waals surface area contributed by atoms with Crippen LogP contribution in [0.3, 0.4) is 0 Å². The third kappa shape index (κ3) is 4.47. The number of hydrogen-bond donors (Lipinski definition) is 2. The highest BCUT2D eigenvalue weighted by atomic mass is 79.9. The van der Waals surface area contributed by atoms with Crippen LogP contribution in [0.4, 0.5) is 13.2 Å². The number of nitrogens with one attached hydrogen (secondary N) is 1. The Morgan fingerprint density at radius 3 is 2.61 bits per heavy atom. The predicted octanol–water partition coefficient (Wildman–Crippen LogP) is 3.30. The number of hydrogen-bond acceptors (Lipinski definition) is 3. The lowest BCUT2D eigenvalue weighted by Gasteiger charge is -2.20. The molecule has 0 bridgehead atoms. The quantitative estimate of drug-likeness (QED) is 0.644. The van der Waals surface area contributed by atoms with E-state index in [9.17, 15) is 13.2 Å². The zero-order chi connectivity index (χ0) is 13.8. The van der Waals surface area contributed by atoms with Crippen molar-refractivity contribution < 1.29 is 17.9 Å². The number of rotatable bonds is 5. The van der Waals surface area contributed by atoms with Crippen LogP contribution in [0.15, 0.2) is 22.7 Å². The van der Waals surface area contributed by atoms with E-state index >= 15 is 0 Å². The Hall–Kier alpha value is -0.790. The van der Waals surface area contributed by atoms with Gasteiger partial charge in [-0.05, 0) is 18.6 Å². The molecule has 1 unspecified atom stereocenters. The van der Waals surface area contributed by atoms with Crippen LogP contribution in [0.2, 0.25) is 0 Å². The molecule has 0 spiro atoms. The fraction of sp³-hybridized carbons (Fsp3) is 0.455.